The summed E-state index contributed by atoms with van der Waals surface area (Å²) in [6.45, 7) is 0.523. The number of hydrogen-bond donors (Lipinski definition) is 2. The second kappa shape index (κ2) is 7.07. The predicted octanol–water partition coefficient (Wildman–Crippen LogP) is 2.75. The first kappa shape index (κ1) is 17.7. The van der Waals surface area contributed by atoms with Gasteiger partial charge in [-0.1, -0.05) is 12.8 Å². The smallest absolute Gasteiger partial charge is 0.240 e. The van der Waals surface area contributed by atoms with E-state index in [4.69, 9.17) is 5.73 Å². The zero-order valence-corrected chi connectivity index (χ0v) is 13.7. The lowest BCUT2D eigenvalue weighted by molar-refractivity contribution is -0.126. The third-order valence-electron chi connectivity index (χ3n) is 3.91. The van der Waals surface area contributed by atoms with Gasteiger partial charge in [0.2, 0.25) is 5.91 Å². The van der Waals surface area contributed by atoms with Gasteiger partial charge in [-0.05, 0) is 25.7 Å². The van der Waals surface area contributed by atoms with E-state index in [-0.39, 0.29) is 30.7 Å². The zero-order chi connectivity index (χ0) is 12.6. The van der Waals surface area contributed by atoms with Crippen molar-refractivity contribution in [3.8, 4) is 0 Å². The van der Waals surface area contributed by atoms with Crippen LogP contribution in [0.25, 0.3) is 0 Å². The zero-order valence-electron chi connectivity index (χ0n) is 11.3. The summed E-state index contributed by atoms with van der Waals surface area (Å²) in [5.74, 6) is 0.671. The van der Waals surface area contributed by atoms with Gasteiger partial charge in [-0.25, -0.2) is 4.98 Å². The van der Waals surface area contributed by atoms with E-state index in [2.05, 4.69) is 15.7 Å². The highest BCUT2D eigenvalue weighted by Crippen LogP contribution is 2.40. The van der Waals surface area contributed by atoms with E-state index in [9.17, 15) is 4.79 Å². The maximum absolute atomic E-state index is 12.0. The lowest BCUT2D eigenvalue weighted by Gasteiger charge is -2.21. The van der Waals surface area contributed by atoms with Crippen molar-refractivity contribution in [2.24, 2.45) is 5.73 Å². The fraction of sp³-hybridized carbons (Fsp3) is 0.692. The van der Waals surface area contributed by atoms with Crippen LogP contribution in [0.15, 0.2) is 5.38 Å². The standard InChI is InChI=1S/C13H19N3OS.2ClH/c14-13(5-1-2-6-13)12(17)15-7-11-16-10(8-18-11)9-3-4-9;;/h8-9H,1-7,14H2,(H,15,17);2*1H. The molecule has 0 spiro atoms. The molecule has 0 atom stereocenters. The van der Waals surface area contributed by atoms with Crippen molar-refractivity contribution in [2.75, 3.05) is 0 Å². The molecule has 1 heterocycles. The minimum absolute atomic E-state index is 0. The molecule has 2 aliphatic rings. The van der Waals surface area contributed by atoms with Crippen LogP contribution in [0.3, 0.4) is 0 Å². The number of nitrogens with zero attached hydrogens (tertiary/aromatic N) is 1. The Morgan fingerprint density at radius 1 is 1.40 bits per heavy atom. The van der Waals surface area contributed by atoms with Gasteiger partial charge in [-0.15, -0.1) is 36.2 Å². The van der Waals surface area contributed by atoms with Crippen LogP contribution in [0.2, 0.25) is 0 Å². The number of rotatable bonds is 4. The molecular formula is C13H21Cl2N3OS. The number of amides is 1. The van der Waals surface area contributed by atoms with Crippen LogP contribution in [0.5, 0.6) is 0 Å². The molecule has 0 radical (unpaired) electrons. The average molecular weight is 338 g/mol. The first-order valence-corrected chi connectivity index (χ1v) is 7.57. The SMILES string of the molecule is Cl.Cl.NC1(C(=O)NCc2nc(C3CC3)cs2)CCCC1. The quantitative estimate of drug-likeness (QED) is 0.887. The highest BCUT2D eigenvalue weighted by atomic mass is 35.5. The highest BCUT2D eigenvalue weighted by Gasteiger charge is 2.36. The Morgan fingerprint density at radius 2 is 2.05 bits per heavy atom. The molecule has 2 saturated carbocycles. The summed E-state index contributed by atoms with van der Waals surface area (Å²) >= 11 is 1.63. The fourth-order valence-electron chi connectivity index (χ4n) is 2.54. The number of halogens is 2. The molecule has 4 nitrogen and oxygen atoms in total. The van der Waals surface area contributed by atoms with Crippen LogP contribution in [0, 0.1) is 0 Å². The molecule has 0 aromatic carbocycles. The molecule has 3 rings (SSSR count). The predicted molar refractivity (Wildman–Crippen MR) is 85.8 cm³/mol. The van der Waals surface area contributed by atoms with Crippen LogP contribution < -0.4 is 11.1 Å². The van der Waals surface area contributed by atoms with Crippen molar-refractivity contribution in [3.63, 3.8) is 0 Å². The molecule has 2 aliphatic carbocycles. The van der Waals surface area contributed by atoms with Crippen molar-refractivity contribution in [2.45, 2.75) is 56.5 Å². The van der Waals surface area contributed by atoms with Crippen LogP contribution in [0.4, 0.5) is 0 Å². The highest BCUT2D eigenvalue weighted by molar-refractivity contribution is 7.09. The number of nitrogens with two attached hydrogens (primary N) is 1. The molecule has 3 N–H and O–H groups in total. The topological polar surface area (TPSA) is 68.0 Å². The molecule has 1 amide bonds. The van der Waals surface area contributed by atoms with Crippen LogP contribution >= 0.6 is 36.2 Å². The van der Waals surface area contributed by atoms with Crippen molar-refractivity contribution in [1.29, 1.82) is 0 Å². The Hall–Kier alpha value is -0.360. The minimum atomic E-state index is -0.628. The van der Waals surface area contributed by atoms with E-state index in [0.717, 1.165) is 30.7 Å². The molecular weight excluding hydrogens is 317 g/mol. The number of carbonyl (C=O) groups excluding carboxylic acids is 1. The molecule has 0 saturated heterocycles. The number of thiazole rings is 1. The second-order valence-corrected chi connectivity index (χ2v) is 6.43. The van der Waals surface area contributed by atoms with E-state index < -0.39 is 5.54 Å². The normalized spacial score (nSPS) is 19.9. The maximum atomic E-state index is 12.0. The second-order valence-electron chi connectivity index (χ2n) is 5.49. The third kappa shape index (κ3) is 3.85. The molecule has 1 aromatic heterocycles. The van der Waals surface area contributed by atoms with Gasteiger partial charge >= 0.3 is 0 Å². The van der Waals surface area contributed by atoms with Crippen molar-refractivity contribution < 1.29 is 4.79 Å². The third-order valence-corrected chi connectivity index (χ3v) is 4.78. The van der Waals surface area contributed by atoms with Crippen LogP contribution in [-0.4, -0.2) is 16.4 Å². The van der Waals surface area contributed by atoms with E-state index >= 15 is 0 Å². The van der Waals surface area contributed by atoms with Gasteiger partial charge in [-0.3, -0.25) is 4.79 Å². The van der Waals surface area contributed by atoms with Gasteiger partial charge in [0.1, 0.15) is 5.01 Å². The van der Waals surface area contributed by atoms with E-state index in [0.29, 0.717) is 12.5 Å². The molecule has 114 valence electrons. The summed E-state index contributed by atoms with van der Waals surface area (Å²) in [5, 5.41) is 6.05. The number of aromatic nitrogens is 1. The van der Waals surface area contributed by atoms with Gasteiger partial charge in [0.15, 0.2) is 0 Å². The molecule has 20 heavy (non-hydrogen) atoms. The summed E-state index contributed by atoms with van der Waals surface area (Å²) in [4.78, 5) is 16.6. The average Bonchev–Trinajstić information content (AvgIpc) is 2.94. The van der Waals surface area contributed by atoms with Crippen molar-refractivity contribution in [3.05, 3.63) is 16.1 Å². The van der Waals surface area contributed by atoms with Gasteiger partial charge in [0, 0.05) is 11.3 Å². The molecule has 2 fully saturated rings. The minimum Gasteiger partial charge on any atom is -0.348 e. The lowest BCUT2D eigenvalue weighted by Crippen LogP contribution is -2.51. The van der Waals surface area contributed by atoms with Gasteiger partial charge < -0.3 is 11.1 Å². The largest absolute Gasteiger partial charge is 0.348 e. The molecule has 7 heteroatoms. The molecule has 0 aliphatic heterocycles. The fourth-order valence-corrected chi connectivity index (χ4v) is 3.35. The van der Waals surface area contributed by atoms with Crippen molar-refractivity contribution in [1.82, 2.24) is 10.3 Å². The van der Waals surface area contributed by atoms with E-state index in [1.165, 1.54) is 18.5 Å². The number of carbonyl (C=O) groups is 1. The summed E-state index contributed by atoms with van der Waals surface area (Å²) in [6, 6.07) is 0. The van der Waals surface area contributed by atoms with Gasteiger partial charge in [0.25, 0.3) is 0 Å². The first-order chi connectivity index (χ1) is 8.67. The molecule has 0 bridgehead atoms. The van der Waals surface area contributed by atoms with E-state index in [1.54, 1.807) is 11.3 Å². The summed E-state index contributed by atoms with van der Waals surface area (Å²) in [6.07, 6.45) is 6.27. The summed E-state index contributed by atoms with van der Waals surface area (Å²) in [7, 11) is 0. The van der Waals surface area contributed by atoms with Crippen LogP contribution in [0.1, 0.15) is 55.1 Å². The van der Waals surface area contributed by atoms with Gasteiger partial charge in [-0.2, -0.15) is 0 Å². The Bertz CT molecular complexity index is 456. The monoisotopic (exact) mass is 337 g/mol. The van der Waals surface area contributed by atoms with Crippen molar-refractivity contribution >= 4 is 42.1 Å². The maximum Gasteiger partial charge on any atom is 0.240 e. The number of nitrogens with one attached hydrogen (secondary N) is 1. The Labute approximate surface area is 135 Å². The number of hydrogen-bond acceptors (Lipinski definition) is 4. The molecule has 1 aromatic rings. The summed E-state index contributed by atoms with van der Waals surface area (Å²) < 4.78 is 0. The first-order valence-electron chi connectivity index (χ1n) is 6.69. The lowest BCUT2D eigenvalue weighted by atomic mass is 9.98. The summed E-state index contributed by atoms with van der Waals surface area (Å²) in [5.41, 5.74) is 6.67. The Kier molecular flexibility index (Phi) is 6.25. The molecule has 0 unspecified atom stereocenters. The van der Waals surface area contributed by atoms with Gasteiger partial charge in [0.05, 0.1) is 17.8 Å². The Morgan fingerprint density at radius 3 is 2.65 bits per heavy atom. The van der Waals surface area contributed by atoms with Crippen LogP contribution in [-0.2, 0) is 11.3 Å². The van der Waals surface area contributed by atoms with E-state index in [1.807, 2.05) is 0 Å². The Balaban J connectivity index is 0.000001000.